The molecule has 6 heteroatoms. The summed E-state index contributed by atoms with van der Waals surface area (Å²) in [6, 6.07) is 3.82. The van der Waals surface area contributed by atoms with Gasteiger partial charge in [0.2, 0.25) is 0 Å². The summed E-state index contributed by atoms with van der Waals surface area (Å²) in [4.78, 5) is 14.2. The molecule has 76 valence electrons. The fourth-order valence-corrected chi connectivity index (χ4v) is 1.05. The van der Waals surface area contributed by atoms with Crippen LogP contribution in [-0.2, 0) is 11.3 Å². The van der Waals surface area contributed by atoms with Crippen molar-refractivity contribution in [1.82, 2.24) is 0 Å². The number of nitro benzene ring substituents is 1. The second-order valence-electron chi connectivity index (χ2n) is 2.69. The van der Waals surface area contributed by atoms with Crippen molar-refractivity contribution in [3.8, 4) is 5.75 Å². The predicted molar refractivity (Wildman–Crippen MR) is 48.6 cm³/mol. The molecule has 0 unspecified atom stereocenters. The zero-order valence-electron chi connectivity index (χ0n) is 7.34. The molecule has 0 amide bonds. The summed E-state index contributed by atoms with van der Waals surface area (Å²) in [7, 11) is 0. The maximum absolute atomic E-state index is 10.4. The molecule has 0 aliphatic carbocycles. The minimum atomic E-state index is -0.522. The number of hydrogen-bond acceptors (Lipinski definition) is 5. The van der Waals surface area contributed by atoms with E-state index < -0.39 is 4.92 Å². The Morgan fingerprint density at radius 3 is 2.86 bits per heavy atom. The average molecular weight is 198 g/mol. The highest BCUT2D eigenvalue weighted by Crippen LogP contribution is 2.23. The maximum atomic E-state index is 10.4. The Hall–Kier alpha value is -1.66. The Balaban J connectivity index is 2.90. The molecule has 0 heterocycles. The fraction of sp³-hybridized carbons (Fsp3) is 0.250. The van der Waals surface area contributed by atoms with E-state index in [0.717, 1.165) is 0 Å². The van der Waals surface area contributed by atoms with E-state index >= 15 is 0 Å². The van der Waals surface area contributed by atoms with Crippen molar-refractivity contribution in [2.24, 2.45) is 5.90 Å². The number of non-ortho nitro benzene ring substituents is 1. The smallest absolute Gasteiger partial charge is 0.269 e. The van der Waals surface area contributed by atoms with Gasteiger partial charge in [-0.2, -0.15) is 0 Å². The van der Waals surface area contributed by atoms with E-state index in [2.05, 4.69) is 4.84 Å². The van der Waals surface area contributed by atoms with Crippen LogP contribution in [0.5, 0.6) is 5.75 Å². The maximum Gasteiger partial charge on any atom is 0.269 e. The highest BCUT2D eigenvalue weighted by atomic mass is 16.6. The topological polar surface area (TPSA) is 98.6 Å². The highest BCUT2D eigenvalue weighted by molar-refractivity contribution is 5.43. The molecule has 1 rings (SSSR count). The Morgan fingerprint density at radius 1 is 1.57 bits per heavy atom. The lowest BCUT2D eigenvalue weighted by Crippen LogP contribution is -2.04. The lowest BCUT2D eigenvalue weighted by Gasteiger charge is -2.02. The molecule has 1 aromatic rings. The summed E-state index contributed by atoms with van der Waals surface area (Å²) in [5, 5.41) is 19.7. The van der Waals surface area contributed by atoms with Gasteiger partial charge >= 0.3 is 0 Å². The molecule has 0 aromatic heterocycles. The number of hydrogen-bond donors (Lipinski definition) is 2. The van der Waals surface area contributed by atoms with Gasteiger partial charge in [0.15, 0.2) is 0 Å². The molecule has 0 aliphatic heterocycles. The van der Waals surface area contributed by atoms with Crippen molar-refractivity contribution in [3.05, 3.63) is 33.9 Å². The van der Waals surface area contributed by atoms with Crippen LogP contribution in [-0.4, -0.2) is 16.6 Å². The van der Waals surface area contributed by atoms with Gasteiger partial charge < -0.3 is 9.94 Å². The summed E-state index contributed by atoms with van der Waals surface area (Å²) >= 11 is 0. The zero-order chi connectivity index (χ0) is 10.6. The second-order valence-corrected chi connectivity index (χ2v) is 2.69. The third-order valence-electron chi connectivity index (χ3n) is 1.76. The highest BCUT2D eigenvalue weighted by Gasteiger charge is 2.09. The van der Waals surface area contributed by atoms with E-state index in [1.54, 1.807) is 0 Å². The van der Waals surface area contributed by atoms with Crippen LogP contribution in [0.2, 0.25) is 0 Å². The van der Waals surface area contributed by atoms with Crippen LogP contribution >= 0.6 is 0 Å². The third kappa shape index (κ3) is 2.41. The van der Waals surface area contributed by atoms with Crippen molar-refractivity contribution in [2.45, 2.75) is 6.42 Å². The monoisotopic (exact) mass is 198 g/mol. The SMILES string of the molecule is NOCCc1cc([N+](=O)[O-])ccc1O. The van der Waals surface area contributed by atoms with Crippen molar-refractivity contribution < 1.29 is 14.9 Å². The van der Waals surface area contributed by atoms with Gasteiger partial charge in [0.05, 0.1) is 11.5 Å². The van der Waals surface area contributed by atoms with Crippen LogP contribution in [0.25, 0.3) is 0 Å². The minimum Gasteiger partial charge on any atom is -0.508 e. The molecular weight excluding hydrogens is 188 g/mol. The normalized spacial score (nSPS) is 10.1. The van der Waals surface area contributed by atoms with Gasteiger partial charge in [-0.05, 0) is 6.07 Å². The molecule has 0 fully saturated rings. The Bertz CT molecular complexity index is 340. The van der Waals surface area contributed by atoms with Gasteiger partial charge in [0.25, 0.3) is 5.69 Å². The van der Waals surface area contributed by atoms with Gasteiger partial charge in [-0.3, -0.25) is 10.1 Å². The molecule has 0 bridgehead atoms. The van der Waals surface area contributed by atoms with Crippen LogP contribution in [0, 0.1) is 10.1 Å². The molecule has 0 atom stereocenters. The Kier molecular flexibility index (Phi) is 3.38. The van der Waals surface area contributed by atoms with Crippen LogP contribution in [0.1, 0.15) is 5.56 Å². The molecule has 0 spiro atoms. The van der Waals surface area contributed by atoms with Crippen molar-refractivity contribution in [1.29, 1.82) is 0 Å². The number of nitro groups is 1. The lowest BCUT2D eigenvalue weighted by molar-refractivity contribution is -0.384. The van der Waals surface area contributed by atoms with Crippen LogP contribution in [0.3, 0.4) is 0 Å². The largest absolute Gasteiger partial charge is 0.508 e. The standard InChI is InChI=1S/C8H10N2O4/c9-14-4-3-6-5-7(10(12)13)1-2-8(6)11/h1-2,5,11H,3-4,9H2. The molecule has 0 saturated carbocycles. The molecule has 0 radical (unpaired) electrons. The number of aromatic hydroxyl groups is 1. The van der Waals surface area contributed by atoms with Gasteiger partial charge in [0, 0.05) is 24.1 Å². The number of phenols is 1. The van der Waals surface area contributed by atoms with Gasteiger partial charge in [-0.15, -0.1) is 0 Å². The van der Waals surface area contributed by atoms with Crippen LogP contribution < -0.4 is 5.90 Å². The van der Waals surface area contributed by atoms with E-state index in [4.69, 9.17) is 5.90 Å². The molecule has 0 saturated heterocycles. The van der Waals surface area contributed by atoms with Crippen LogP contribution in [0.4, 0.5) is 5.69 Å². The summed E-state index contributed by atoms with van der Waals surface area (Å²) in [5.41, 5.74) is 0.388. The van der Waals surface area contributed by atoms with Crippen LogP contribution in [0.15, 0.2) is 18.2 Å². The number of phenolic OH excluding ortho intramolecular Hbond substituents is 1. The summed E-state index contributed by atoms with van der Waals surface area (Å²) in [6.45, 7) is 0.203. The second kappa shape index (κ2) is 4.54. The van der Waals surface area contributed by atoms with E-state index in [-0.39, 0.29) is 18.0 Å². The summed E-state index contributed by atoms with van der Waals surface area (Å²) in [6.07, 6.45) is 0.337. The van der Waals surface area contributed by atoms with Gasteiger partial charge in [-0.1, -0.05) is 0 Å². The quantitative estimate of drug-likeness (QED) is 0.549. The van der Waals surface area contributed by atoms with E-state index in [9.17, 15) is 15.2 Å². The van der Waals surface area contributed by atoms with E-state index in [1.165, 1.54) is 18.2 Å². The number of rotatable bonds is 4. The molecule has 14 heavy (non-hydrogen) atoms. The van der Waals surface area contributed by atoms with Crippen molar-refractivity contribution >= 4 is 5.69 Å². The predicted octanol–water partition coefficient (Wildman–Crippen LogP) is 0.733. The van der Waals surface area contributed by atoms with E-state index in [0.29, 0.717) is 12.0 Å². The summed E-state index contributed by atoms with van der Waals surface area (Å²) in [5.74, 6) is 4.82. The molecule has 0 aliphatic rings. The first-order valence-corrected chi connectivity index (χ1v) is 3.93. The number of benzene rings is 1. The first-order valence-electron chi connectivity index (χ1n) is 3.93. The first-order chi connectivity index (χ1) is 6.65. The van der Waals surface area contributed by atoms with E-state index in [1.807, 2.05) is 0 Å². The van der Waals surface area contributed by atoms with Gasteiger partial charge in [-0.25, -0.2) is 5.90 Å². The minimum absolute atomic E-state index is 0.00708. The zero-order valence-corrected chi connectivity index (χ0v) is 7.34. The van der Waals surface area contributed by atoms with Crippen molar-refractivity contribution in [2.75, 3.05) is 6.61 Å². The lowest BCUT2D eigenvalue weighted by atomic mass is 10.1. The summed E-state index contributed by atoms with van der Waals surface area (Å²) < 4.78 is 0. The third-order valence-corrected chi connectivity index (χ3v) is 1.76. The Morgan fingerprint density at radius 2 is 2.29 bits per heavy atom. The number of nitrogens with zero attached hydrogens (tertiary/aromatic N) is 1. The molecule has 6 nitrogen and oxygen atoms in total. The van der Waals surface area contributed by atoms with Crippen molar-refractivity contribution in [3.63, 3.8) is 0 Å². The fourth-order valence-electron chi connectivity index (χ4n) is 1.05. The molecule has 1 aromatic carbocycles. The molecular formula is C8H10N2O4. The molecule has 3 N–H and O–H groups in total. The average Bonchev–Trinajstić information content (AvgIpc) is 2.16. The van der Waals surface area contributed by atoms with Gasteiger partial charge in [0.1, 0.15) is 5.75 Å². The number of nitrogens with two attached hydrogens (primary N) is 1. The first kappa shape index (κ1) is 10.4. The Labute approximate surface area is 80.0 Å².